The van der Waals surface area contributed by atoms with Crippen LogP contribution in [-0.2, 0) is 17.8 Å². The number of aromatic hydroxyl groups is 1. The van der Waals surface area contributed by atoms with Gasteiger partial charge >= 0.3 is 0 Å². The molecule has 2 aromatic heterocycles. The number of carbonyl (C=O) groups is 1. The molecule has 0 fully saturated rings. The van der Waals surface area contributed by atoms with Gasteiger partial charge in [-0.3, -0.25) is 9.78 Å². The number of rotatable bonds is 8. The van der Waals surface area contributed by atoms with Gasteiger partial charge in [0.05, 0.1) is 5.02 Å². The van der Waals surface area contributed by atoms with E-state index in [0.717, 1.165) is 23.0 Å². The van der Waals surface area contributed by atoms with E-state index in [4.69, 9.17) is 11.6 Å². The summed E-state index contributed by atoms with van der Waals surface area (Å²) < 4.78 is 0. The van der Waals surface area contributed by atoms with Crippen LogP contribution in [0.4, 0.5) is 0 Å². The lowest BCUT2D eigenvalue weighted by molar-refractivity contribution is -0.120. The number of nitrogens with zero attached hydrogens (tertiary/aromatic N) is 1. The molecule has 2 aromatic carbocycles. The van der Waals surface area contributed by atoms with Gasteiger partial charge in [0.25, 0.3) is 0 Å². The Morgan fingerprint density at radius 2 is 1.97 bits per heavy atom. The van der Waals surface area contributed by atoms with Crippen molar-refractivity contribution in [2.24, 2.45) is 0 Å². The first-order valence-corrected chi connectivity index (χ1v) is 10.7. The van der Waals surface area contributed by atoms with Gasteiger partial charge in [-0.05, 0) is 43.2 Å². The number of aromatic amines is 1. The monoisotopic (exact) mass is 436 g/mol. The third kappa shape index (κ3) is 4.65. The Kier molecular flexibility index (Phi) is 6.39. The van der Waals surface area contributed by atoms with Crippen molar-refractivity contribution in [2.45, 2.75) is 26.3 Å². The van der Waals surface area contributed by atoms with E-state index in [-0.39, 0.29) is 11.7 Å². The molecule has 160 valence electrons. The van der Waals surface area contributed by atoms with Gasteiger partial charge in [0.15, 0.2) is 0 Å². The molecule has 0 saturated heterocycles. The van der Waals surface area contributed by atoms with Crippen LogP contribution in [0.2, 0.25) is 5.02 Å². The second-order valence-electron chi connectivity index (χ2n) is 7.57. The van der Waals surface area contributed by atoms with Gasteiger partial charge in [0, 0.05) is 59.8 Å². The number of hydrogen-bond acceptors (Lipinski definition) is 4. The predicted molar refractivity (Wildman–Crippen MR) is 124 cm³/mol. The molecule has 0 aliphatic rings. The number of pyridine rings is 1. The van der Waals surface area contributed by atoms with Crippen LogP contribution in [-0.4, -0.2) is 34.1 Å². The summed E-state index contributed by atoms with van der Waals surface area (Å²) in [6, 6.07) is 13.5. The molecule has 1 amide bonds. The zero-order chi connectivity index (χ0) is 21.8. The molecule has 0 radical (unpaired) electrons. The average molecular weight is 437 g/mol. The fourth-order valence-corrected chi connectivity index (χ4v) is 4.15. The van der Waals surface area contributed by atoms with Gasteiger partial charge in [-0.15, -0.1) is 0 Å². The number of aromatic nitrogens is 2. The molecular formula is C24H25ClN4O2. The van der Waals surface area contributed by atoms with Gasteiger partial charge in [0.1, 0.15) is 11.3 Å². The first-order chi connectivity index (χ1) is 15.0. The van der Waals surface area contributed by atoms with Crippen LogP contribution in [0.5, 0.6) is 5.75 Å². The van der Waals surface area contributed by atoms with Gasteiger partial charge in [0.2, 0.25) is 5.91 Å². The number of aryl methyl sites for hydroxylation is 1. The van der Waals surface area contributed by atoms with Crippen LogP contribution in [0.3, 0.4) is 0 Å². The lowest BCUT2D eigenvalue weighted by Gasteiger charge is -2.10. The standard InChI is InChI=1S/C24H25ClN4O2/c1-15-17(18-5-2-3-7-21(18)29-15)8-12-27-22(30)9-11-26-14-16-13-20(25)19-6-4-10-28-23(19)24(16)31/h2-7,10,13,26,29,31H,8-9,11-12,14H2,1H3,(H,27,30). The second-order valence-corrected chi connectivity index (χ2v) is 7.97. The number of phenolic OH excluding ortho intramolecular Hbond substituents is 1. The zero-order valence-corrected chi connectivity index (χ0v) is 18.1. The van der Waals surface area contributed by atoms with Crippen LogP contribution < -0.4 is 10.6 Å². The second kappa shape index (κ2) is 9.37. The quantitative estimate of drug-likeness (QED) is 0.311. The summed E-state index contributed by atoms with van der Waals surface area (Å²) >= 11 is 6.30. The van der Waals surface area contributed by atoms with E-state index in [1.165, 1.54) is 10.9 Å². The molecular weight excluding hydrogens is 412 g/mol. The van der Waals surface area contributed by atoms with Gasteiger partial charge in [-0.25, -0.2) is 0 Å². The Balaban J connectivity index is 1.24. The smallest absolute Gasteiger partial charge is 0.221 e. The van der Waals surface area contributed by atoms with Gasteiger partial charge in [-0.1, -0.05) is 29.8 Å². The molecule has 4 rings (SSSR count). The number of benzene rings is 2. The Hall–Kier alpha value is -3.09. The minimum Gasteiger partial charge on any atom is -0.505 e. The van der Waals surface area contributed by atoms with Gasteiger partial charge in [-0.2, -0.15) is 0 Å². The van der Waals surface area contributed by atoms with E-state index in [2.05, 4.69) is 39.7 Å². The summed E-state index contributed by atoms with van der Waals surface area (Å²) in [5.41, 5.74) is 4.65. The maximum absolute atomic E-state index is 12.2. The Labute approximate surface area is 185 Å². The van der Waals surface area contributed by atoms with Crippen molar-refractivity contribution in [2.75, 3.05) is 13.1 Å². The highest BCUT2D eigenvalue weighted by atomic mass is 35.5. The third-order valence-corrected chi connectivity index (χ3v) is 5.78. The molecule has 0 atom stereocenters. The number of halogens is 1. The van der Waals surface area contributed by atoms with Crippen LogP contribution in [0, 0.1) is 6.92 Å². The lowest BCUT2D eigenvalue weighted by atomic mass is 10.1. The Morgan fingerprint density at radius 1 is 1.16 bits per heavy atom. The van der Waals surface area contributed by atoms with E-state index in [9.17, 15) is 9.90 Å². The SMILES string of the molecule is Cc1[nH]c2ccccc2c1CCNC(=O)CCNCc1cc(Cl)c2cccnc2c1O. The lowest BCUT2D eigenvalue weighted by Crippen LogP contribution is -2.29. The van der Waals surface area contributed by atoms with E-state index < -0.39 is 0 Å². The molecule has 0 unspecified atom stereocenters. The normalized spacial score (nSPS) is 11.3. The fraction of sp³-hybridized carbons (Fsp3) is 0.250. The molecule has 4 N–H and O–H groups in total. The van der Waals surface area contributed by atoms with Crippen LogP contribution in [0.25, 0.3) is 21.8 Å². The van der Waals surface area contributed by atoms with Crippen LogP contribution >= 0.6 is 11.6 Å². The highest BCUT2D eigenvalue weighted by Crippen LogP contribution is 2.32. The number of H-pyrrole nitrogens is 1. The van der Waals surface area contributed by atoms with E-state index >= 15 is 0 Å². The molecule has 0 spiro atoms. The minimum atomic E-state index is -0.00701. The third-order valence-electron chi connectivity index (χ3n) is 5.46. The zero-order valence-electron chi connectivity index (χ0n) is 17.3. The number of amides is 1. The van der Waals surface area contributed by atoms with Crippen molar-refractivity contribution in [1.82, 2.24) is 20.6 Å². The minimum absolute atomic E-state index is 0.00701. The highest BCUT2D eigenvalue weighted by Gasteiger charge is 2.12. The number of fused-ring (bicyclic) bond motifs is 2. The van der Waals surface area contributed by atoms with Gasteiger partial charge < -0.3 is 20.7 Å². The summed E-state index contributed by atoms with van der Waals surface area (Å²) in [4.78, 5) is 19.8. The number of carbonyl (C=O) groups excluding carboxylic acids is 1. The fourth-order valence-electron chi connectivity index (χ4n) is 3.87. The van der Waals surface area contributed by atoms with E-state index in [1.54, 1.807) is 18.3 Å². The summed E-state index contributed by atoms with van der Waals surface area (Å²) in [5.74, 6) is 0.110. The van der Waals surface area contributed by atoms with Crippen molar-refractivity contribution in [3.8, 4) is 5.75 Å². The highest BCUT2D eigenvalue weighted by molar-refractivity contribution is 6.35. The summed E-state index contributed by atoms with van der Waals surface area (Å²) in [6.45, 7) is 3.55. The number of nitrogens with one attached hydrogen (secondary N) is 3. The van der Waals surface area contributed by atoms with Crippen molar-refractivity contribution in [1.29, 1.82) is 0 Å². The molecule has 4 aromatic rings. The van der Waals surface area contributed by atoms with Crippen molar-refractivity contribution in [3.63, 3.8) is 0 Å². The number of phenols is 1. The van der Waals surface area contributed by atoms with Crippen molar-refractivity contribution >= 4 is 39.3 Å². The number of hydrogen-bond donors (Lipinski definition) is 4. The molecule has 0 saturated carbocycles. The molecule has 0 aliphatic heterocycles. The van der Waals surface area contributed by atoms with Crippen LogP contribution in [0.1, 0.15) is 23.2 Å². The molecule has 6 nitrogen and oxygen atoms in total. The molecule has 31 heavy (non-hydrogen) atoms. The maximum Gasteiger partial charge on any atom is 0.221 e. The molecule has 2 heterocycles. The molecule has 0 aliphatic carbocycles. The Bertz CT molecular complexity index is 1240. The van der Waals surface area contributed by atoms with E-state index in [0.29, 0.717) is 42.2 Å². The largest absolute Gasteiger partial charge is 0.505 e. The summed E-state index contributed by atoms with van der Waals surface area (Å²) in [5, 5.41) is 19.1. The number of para-hydroxylation sites is 1. The predicted octanol–water partition coefficient (Wildman–Crippen LogP) is 4.22. The first-order valence-electron chi connectivity index (χ1n) is 10.3. The molecule has 0 bridgehead atoms. The topological polar surface area (TPSA) is 90.0 Å². The molecule has 7 heteroatoms. The average Bonchev–Trinajstić information content (AvgIpc) is 3.09. The Morgan fingerprint density at radius 3 is 2.84 bits per heavy atom. The summed E-state index contributed by atoms with van der Waals surface area (Å²) in [7, 11) is 0. The first kappa shape index (κ1) is 21.2. The van der Waals surface area contributed by atoms with Crippen LogP contribution in [0.15, 0.2) is 48.7 Å². The van der Waals surface area contributed by atoms with Crippen molar-refractivity contribution < 1.29 is 9.90 Å². The maximum atomic E-state index is 12.2. The van der Waals surface area contributed by atoms with E-state index in [1.807, 2.05) is 18.2 Å². The van der Waals surface area contributed by atoms with Crippen molar-refractivity contribution in [3.05, 3.63) is 70.5 Å². The summed E-state index contributed by atoms with van der Waals surface area (Å²) in [6.07, 6.45) is 2.76.